The lowest BCUT2D eigenvalue weighted by Gasteiger charge is -2.05. The number of thiazole rings is 1. The molecular weight excluding hydrogens is 272 g/mol. The van der Waals surface area contributed by atoms with E-state index in [2.05, 4.69) is 10.3 Å². The number of carbonyl (C=O) groups excluding carboxylic acids is 1. The molecule has 0 aliphatic heterocycles. The lowest BCUT2D eigenvalue weighted by atomic mass is 10.2. The summed E-state index contributed by atoms with van der Waals surface area (Å²) in [5.74, 6) is -0.0834. The van der Waals surface area contributed by atoms with Crippen LogP contribution in [0, 0.1) is 6.92 Å². The minimum atomic E-state index is -0.205. The van der Waals surface area contributed by atoms with Gasteiger partial charge in [0, 0.05) is 17.3 Å². The average Bonchev–Trinajstić information content (AvgIpc) is 2.77. The number of phenolic OH excluding ortho intramolecular Hbond substituents is 1. The standard InChI is InChI=1S/C15H12N2O2S/c1-9-16-13-6-5-10(7-14(13)20-9)15(19)17-11-3-2-4-12(18)8-11/h2-8,18H,1H3,(H,17,19). The molecular formula is C15H12N2O2S. The quantitative estimate of drug-likeness (QED) is 0.756. The van der Waals surface area contributed by atoms with E-state index in [0.717, 1.165) is 15.2 Å². The first-order chi connectivity index (χ1) is 9.61. The number of aromatic hydroxyl groups is 1. The lowest BCUT2D eigenvalue weighted by Crippen LogP contribution is -2.11. The SMILES string of the molecule is Cc1nc2ccc(C(=O)Nc3cccc(O)c3)cc2s1. The second-order valence-electron chi connectivity index (χ2n) is 4.42. The molecule has 0 saturated carbocycles. The van der Waals surface area contributed by atoms with Gasteiger partial charge < -0.3 is 10.4 Å². The summed E-state index contributed by atoms with van der Waals surface area (Å²) in [7, 11) is 0. The lowest BCUT2D eigenvalue weighted by molar-refractivity contribution is 0.102. The third-order valence-electron chi connectivity index (χ3n) is 2.86. The summed E-state index contributed by atoms with van der Waals surface area (Å²) in [6.07, 6.45) is 0. The maximum Gasteiger partial charge on any atom is 0.255 e. The van der Waals surface area contributed by atoms with Crippen molar-refractivity contribution in [2.45, 2.75) is 6.92 Å². The number of carbonyl (C=O) groups is 1. The number of hydrogen-bond donors (Lipinski definition) is 2. The molecule has 2 aromatic carbocycles. The van der Waals surface area contributed by atoms with Crippen LogP contribution in [0.15, 0.2) is 42.5 Å². The van der Waals surface area contributed by atoms with E-state index in [0.29, 0.717) is 11.3 Å². The number of nitrogens with one attached hydrogen (secondary N) is 1. The minimum absolute atomic E-state index is 0.122. The van der Waals surface area contributed by atoms with E-state index in [9.17, 15) is 9.90 Å². The summed E-state index contributed by atoms with van der Waals surface area (Å²) in [5.41, 5.74) is 2.04. The van der Waals surface area contributed by atoms with Gasteiger partial charge in [0.2, 0.25) is 0 Å². The number of aromatic nitrogens is 1. The van der Waals surface area contributed by atoms with Gasteiger partial charge in [0.15, 0.2) is 0 Å². The Bertz CT molecular complexity index is 795. The third-order valence-corrected chi connectivity index (χ3v) is 3.80. The first-order valence-electron chi connectivity index (χ1n) is 6.09. The summed E-state index contributed by atoms with van der Waals surface area (Å²) in [6.45, 7) is 1.94. The van der Waals surface area contributed by atoms with Crippen LogP contribution in [0.3, 0.4) is 0 Å². The summed E-state index contributed by atoms with van der Waals surface area (Å²) in [4.78, 5) is 16.5. The fourth-order valence-corrected chi connectivity index (χ4v) is 2.83. The number of anilines is 1. The number of phenols is 1. The monoisotopic (exact) mass is 284 g/mol. The number of aryl methyl sites for hydroxylation is 1. The average molecular weight is 284 g/mol. The molecule has 4 nitrogen and oxygen atoms in total. The molecule has 5 heteroatoms. The van der Waals surface area contributed by atoms with Gasteiger partial charge in [-0.05, 0) is 37.3 Å². The van der Waals surface area contributed by atoms with E-state index in [1.807, 2.05) is 19.1 Å². The number of fused-ring (bicyclic) bond motifs is 1. The molecule has 100 valence electrons. The minimum Gasteiger partial charge on any atom is -0.508 e. The summed E-state index contributed by atoms with van der Waals surface area (Å²) in [6, 6.07) is 11.9. The number of hydrogen-bond acceptors (Lipinski definition) is 4. The van der Waals surface area contributed by atoms with E-state index >= 15 is 0 Å². The summed E-state index contributed by atoms with van der Waals surface area (Å²) >= 11 is 1.56. The molecule has 20 heavy (non-hydrogen) atoms. The maximum absolute atomic E-state index is 12.2. The van der Waals surface area contributed by atoms with E-state index in [1.54, 1.807) is 35.6 Å². The van der Waals surface area contributed by atoms with Gasteiger partial charge in [0.05, 0.1) is 15.2 Å². The zero-order chi connectivity index (χ0) is 14.1. The molecule has 0 aliphatic carbocycles. The van der Waals surface area contributed by atoms with Crippen molar-refractivity contribution in [3.8, 4) is 5.75 Å². The molecule has 3 rings (SSSR count). The smallest absolute Gasteiger partial charge is 0.255 e. The predicted octanol–water partition coefficient (Wildman–Crippen LogP) is 3.56. The van der Waals surface area contributed by atoms with Crippen molar-refractivity contribution >= 4 is 33.1 Å². The van der Waals surface area contributed by atoms with Gasteiger partial charge in [-0.3, -0.25) is 4.79 Å². The maximum atomic E-state index is 12.2. The van der Waals surface area contributed by atoms with Crippen molar-refractivity contribution in [2.75, 3.05) is 5.32 Å². The fraction of sp³-hybridized carbons (Fsp3) is 0.0667. The van der Waals surface area contributed by atoms with Crippen molar-refractivity contribution in [1.29, 1.82) is 0 Å². The molecule has 0 radical (unpaired) electrons. The molecule has 0 fully saturated rings. The van der Waals surface area contributed by atoms with Crippen molar-refractivity contribution in [3.63, 3.8) is 0 Å². The molecule has 0 saturated heterocycles. The van der Waals surface area contributed by atoms with Crippen molar-refractivity contribution < 1.29 is 9.90 Å². The topological polar surface area (TPSA) is 62.2 Å². The van der Waals surface area contributed by atoms with Crippen molar-refractivity contribution in [3.05, 3.63) is 53.0 Å². The van der Waals surface area contributed by atoms with Crippen LogP contribution in [-0.2, 0) is 0 Å². The molecule has 1 amide bonds. The van der Waals surface area contributed by atoms with E-state index in [-0.39, 0.29) is 11.7 Å². The van der Waals surface area contributed by atoms with Crippen LogP contribution in [-0.4, -0.2) is 16.0 Å². The Hall–Kier alpha value is -2.40. The van der Waals surface area contributed by atoms with Gasteiger partial charge >= 0.3 is 0 Å². The highest BCUT2D eigenvalue weighted by Gasteiger charge is 2.09. The van der Waals surface area contributed by atoms with E-state index < -0.39 is 0 Å². The van der Waals surface area contributed by atoms with Crippen molar-refractivity contribution in [2.24, 2.45) is 0 Å². The molecule has 0 unspecified atom stereocenters. The molecule has 1 heterocycles. The van der Waals surface area contributed by atoms with Gasteiger partial charge in [-0.25, -0.2) is 4.98 Å². The van der Waals surface area contributed by atoms with Gasteiger partial charge in [-0.15, -0.1) is 11.3 Å². The predicted molar refractivity (Wildman–Crippen MR) is 80.4 cm³/mol. The molecule has 1 aromatic heterocycles. The first kappa shape index (κ1) is 12.6. The molecule has 0 spiro atoms. The Balaban J connectivity index is 1.88. The van der Waals surface area contributed by atoms with Crippen LogP contribution in [0.25, 0.3) is 10.2 Å². The molecule has 2 N–H and O–H groups in total. The number of rotatable bonds is 2. The largest absolute Gasteiger partial charge is 0.508 e. The zero-order valence-electron chi connectivity index (χ0n) is 10.8. The highest BCUT2D eigenvalue weighted by atomic mass is 32.1. The third kappa shape index (κ3) is 2.48. The van der Waals surface area contributed by atoms with Gasteiger partial charge in [0.1, 0.15) is 5.75 Å². The zero-order valence-corrected chi connectivity index (χ0v) is 11.6. The second-order valence-corrected chi connectivity index (χ2v) is 5.65. The highest BCUT2D eigenvalue weighted by molar-refractivity contribution is 7.18. The number of nitrogens with zero attached hydrogens (tertiary/aromatic N) is 1. The molecule has 0 atom stereocenters. The normalized spacial score (nSPS) is 10.7. The number of benzene rings is 2. The van der Waals surface area contributed by atoms with Crippen LogP contribution >= 0.6 is 11.3 Å². The van der Waals surface area contributed by atoms with Gasteiger partial charge in [0.25, 0.3) is 5.91 Å². The molecule has 0 bridgehead atoms. The molecule has 0 aliphatic rings. The fourth-order valence-electron chi connectivity index (χ4n) is 1.97. The molecule has 3 aromatic rings. The van der Waals surface area contributed by atoms with Gasteiger partial charge in [-0.2, -0.15) is 0 Å². The van der Waals surface area contributed by atoms with Gasteiger partial charge in [-0.1, -0.05) is 6.07 Å². The first-order valence-corrected chi connectivity index (χ1v) is 6.91. The van der Waals surface area contributed by atoms with Crippen LogP contribution in [0.5, 0.6) is 5.75 Å². The van der Waals surface area contributed by atoms with Crippen LogP contribution in [0.4, 0.5) is 5.69 Å². The van der Waals surface area contributed by atoms with E-state index in [1.165, 1.54) is 6.07 Å². The second kappa shape index (κ2) is 4.94. The Labute approximate surface area is 119 Å². The Morgan fingerprint density at radius 3 is 2.90 bits per heavy atom. The van der Waals surface area contributed by atoms with E-state index in [4.69, 9.17) is 0 Å². The Morgan fingerprint density at radius 1 is 1.25 bits per heavy atom. The van der Waals surface area contributed by atoms with Crippen LogP contribution in [0.1, 0.15) is 15.4 Å². The van der Waals surface area contributed by atoms with Crippen molar-refractivity contribution in [1.82, 2.24) is 4.98 Å². The highest BCUT2D eigenvalue weighted by Crippen LogP contribution is 2.23. The van der Waals surface area contributed by atoms with Crippen LogP contribution < -0.4 is 5.32 Å². The Morgan fingerprint density at radius 2 is 2.10 bits per heavy atom. The van der Waals surface area contributed by atoms with Crippen LogP contribution in [0.2, 0.25) is 0 Å². The summed E-state index contributed by atoms with van der Waals surface area (Å²) < 4.78 is 0.992. The Kier molecular flexibility index (Phi) is 3.12. The number of amides is 1. The summed E-state index contributed by atoms with van der Waals surface area (Å²) in [5, 5.41) is 13.1.